The van der Waals surface area contributed by atoms with Crippen molar-refractivity contribution in [1.82, 2.24) is 15.1 Å². The Labute approximate surface area is 109 Å². The molecule has 1 atom stereocenters. The molecule has 0 aliphatic carbocycles. The van der Waals surface area contributed by atoms with Crippen molar-refractivity contribution in [2.45, 2.75) is 38.3 Å². The third kappa shape index (κ3) is 3.14. The molecule has 0 spiro atoms. The Morgan fingerprint density at radius 2 is 1.94 bits per heavy atom. The highest BCUT2D eigenvalue weighted by molar-refractivity contribution is 5.67. The zero-order valence-corrected chi connectivity index (χ0v) is 11.7. The highest BCUT2D eigenvalue weighted by atomic mass is 16.5. The van der Waals surface area contributed by atoms with Crippen LogP contribution in [0, 0.1) is 0 Å². The molecule has 5 nitrogen and oxygen atoms in total. The lowest BCUT2D eigenvalue weighted by atomic mass is 9.90. The van der Waals surface area contributed by atoms with Gasteiger partial charge in [-0.1, -0.05) is 0 Å². The lowest BCUT2D eigenvalue weighted by Crippen LogP contribution is -2.58. The Morgan fingerprint density at radius 3 is 2.44 bits per heavy atom. The Morgan fingerprint density at radius 1 is 1.28 bits per heavy atom. The summed E-state index contributed by atoms with van der Waals surface area (Å²) in [5, 5.41) is 3.60. The van der Waals surface area contributed by atoms with Gasteiger partial charge in [-0.25, -0.2) is 4.79 Å². The molecule has 2 rings (SSSR count). The van der Waals surface area contributed by atoms with E-state index in [0.29, 0.717) is 6.04 Å². The topological polar surface area (TPSA) is 44.8 Å². The van der Waals surface area contributed by atoms with Gasteiger partial charge in [0.15, 0.2) is 0 Å². The minimum atomic E-state index is -0.197. The van der Waals surface area contributed by atoms with Crippen LogP contribution in [0.5, 0.6) is 0 Å². The molecule has 0 radical (unpaired) electrons. The second-order valence-corrected chi connectivity index (χ2v) is 5.95. The molecule has 2 saturated heterocycles. The molecule has 2 fully saturated rings. The summed E-state index contributed by atoms with van der Waals surface area (Å²) >= 11 is 0. The van der Waals surface area contributed by atoms with E-state index in [9.17, 15) is 4.79 Å². The van der Waals surface area contributed by atoms with Crippen molar-refractivity contribution in [3.63, 3.8) is 0 Å². The van der Waals surface area contributed by atoms with Gasteiger partial charge in [0.1, 0.15) is 0 Å². The molecule has 2 heterocycles. The minimum Gasteiger partial charge on any atom is -0.453 e. The summed E-state index contributed by atoms with van der Waals surface area (Å²) in [4.78, 5) is 15.7. The quantitative estimate of drug-likeness (QED) is 0.756. The Balaban J connectivity index is 1.78. The molecular weight excluding hydrogens is 230 g/mol. The average molecular weight is 255 g/mol. The number of hydrogen-bond donors (Lipinski definition) is 1. The summed E-state index contributed by atoms with van der Waals surface area (Å²) in [6, 6.07) is 0.623. The van der Waals surface area contributed by atoms with Crippen LogP contribution in [0.4, 0.5) is 4.79 Å². The van der Waals surface area contributed by atoms with Crippen LogP contribution >= 0.6 is 0 Å². The van der Waals surface area contributed by atoms with Crippen molar-refractivity contribution in [2.24, 2.45) is 0 Å². The fourth-order valence-electron chi connectivity index (χ4n) is 2.82. The molecular formula is C13H25N3O2. The molecule has 0 saturated carbocycles. The molecule has 1 unspecified atom stereocenters. The van der Waals surface area contributed by atoms with Gasteiger partial charge in [-0.05, 0) is 26.7 Å². The molecule has 0 aromatic heterocycles. The maximum Gasteiger partial charge on any atom is 0.409 e. The molecule has 18 heavy (non-hydrogen) atoms. The first kappa shape index (κ1) is 13.6. The first-order valence-corrected chi connectivity index (χ1v) is 6.84. The van der Waals surface area contributed by atoms with E-state index in [1.807, 2.05) is 0 Å². The van der Waals surface area contributed by atoms with Crippen LogP contribution < -0.4 is 5.32 Å². The first-order valence-electron chi connectivity index (χ1n) is 6.84. The molecule has 5 heteroatoms. The van der Waals surface area contributed by atoms with Gasteiger partial charge in [0.25, 0.3) is 0 Å². The predicted molar refractivity (Wildman–Crippen MR) is 70.7 cm³/mol. The maximum absolute atomic E-state index is 11.4. The number of piperidine rings is 1. The van der Waals surface area contributed by atoms with Crippen LogP contribution in [0.25, 0.3) is 0 Å². The third-order valence-electron chi connectivity index (χ3n) is 4.18. The second kappa shape index (κ2) is 5.45. The van der Waals surface area contributed by atoms with Gasteiger partial charge in [-0.15, -0.1) is 0 Å². The number of amides is 1. The van der Waals surface area contributed by atoms with Gasteiger partial charge in [-0.3, -0.25) is 4.90 Å². The standard InChI is InChI=1S/C13H25N3O2/c1-13(2)5-4-11(10-14-13)15-6-8-16(9-7-15)12(17)18-3/h11,14H,4-10H2,1-3H3. The molecule has 0 aromatic rings. The van der Waals surface area contributed by atoms with Crippen molar-refractivity contribution in [3.8, 4) is 0 Å². The predicted octanol–water partition coefficient (Wildman–Crippen LogP) is 0.901. The molecule has 1 amide bonds. The third-order valence-corrected chi connectivity index (χ3v) is 4.18. The Hall–Kier alpha value is -0.810. The minimum absolute atomic E-state index is 0.197. The summed E-state index contributed by atoms with van der Waals surface area (Å²) in [5.41, 5.74) is 0.282. The van der Waals surface area contributed by atoms with Gasteiger partial charge in [0, 0.05) is 44.3 Å². The fraction of sp³-hybridized carbons (Fsp3) is 0.923. The van der Waals surface area contributed by atoms with Crippen LogP contribution in [0.3, 0.4) is 0 Å². The van der Waals surface area contributed by atoms with Crippen LogP contribution in [-0.4, -0.2) is 67.3 Å². The van der Waals surface area contributed by atoms with Crippen molar-refractivity contribution in [2.75, 3.05) is 39.8 Å². The second-order valence-electron chi connectivity index (χ2n) is 5.95. The van der Waals surface area contributed by atoms with E-state index in [4.69, 9.17) is 4.74 Å². The maximum atomic E-state index is 11.4. The summed E-state index contributed by atoms with van der Waals surface area (Å²) < 4.78 is 4.75. The number of piperazine rings is 1. The van der Waals surface area contributed by atoms with E-state index < -0.39 is 0 Å². The zero-order valence-electron chi connectivity index (χ0n) is 11.7. The number of nitrogens with zero attached hydrogens (tertiary/aromatic N) is 2. The SMILES string of the molecule is COC(=O)N1CCN(C2CCC(C)(C)NC2)CC1. The lowest BCUT2D eigenvalue weighted by Gasteiger charge is -2.44. The monoisotopic (exact) mass is 255 g/mol. The molecule has 2 aliphatic rings. The Kier molecular flexibility index (Phi) is 4.12. The number of methoxy groups -OCH3 is 1. The van der Waals surface area contributed by atoms with E-state index in [1.54, 1.807) is 4.90 Å². The number of carbonyl (C=O) groups excluding carboxylic acids is 1. The molecule has 2 aliphatic heterocycles. The van der Waals surface area contributed by atoms with Crippen molar-refractivity contribution < 1.29 is 9.53 Å². The van der Waals surface area contributed by atoms with E-state index in [1.165, 1.54) is 20.0 Å². The number of nitrogens with one attached hydrogen (secondary N) is 1. The van der Waals surface area contributed by atoms with Gasteiger partial charge in [0.2, 0.25) is 0 Å². The fourth-order valence-corrected chi connectivity index (χ4v) is 2.82. The first-order chi connectivity index (χ1) is 8.52. The van der Waals surface area contributed by atoms with Crippen molar-refractivity contribution >= 4 is 6.09 Å². The van der Waals surface area contributed by atoms with E-state index >= 15 is 0 Å². The number of rotatable bonds is 1. The smallest absolute Gasteiger partial charge is 0.409 e. The van der Waals surface area contributed by atoms with Gasteiger partial charge in [0.05, 0.1) is 7.11 Å². The largest absolute Gasteiger partial charge is 0.453 e. The summed E-state index contributed by atoms with van der Waals surface area (Å²) in [6.07, 6.45) is 2.27. The number of hydrogen-bond acceptors (Lipinski definition) is 4. The van der Waals surface area contributed by atoms with Crippen LogP contribution in [0.15, 0.2) is 0 Å². The molecule has 1 N–H and O–H groups in total. The Bertz CT molecular complexity index is 289. The number of carbonyl (C=O) groups is 1. The van der Waals surface area contributed by atoms with Gasteiger partial charge >= 0.3 is 6.09 Å². The van der Waals surface area contributed by atoms with E-state index in [2.05, 4.69) is 24.1 Å². The van der Waals surface area contributed by atoms with Crippen molar-refractivity contribution in [3.05, 3.63) is 0 Å². The van der Waals surface area contributed by atoms with E-state index in [-0.39, 0.29) is 11.6 Å². The van der Waals surface area contributed by atoms with Gasteiger partial charge < -0.3 is 15.0 Å². The summed E-state index contributed by atoms with van der Waals surface area (Å²) in [7, 11) is 1.45. The highest BCUT2D eigenvalue weighted by Gasteiger charge is 2.31. The normalized spacial score (nSPS) is 29.1. The molecule has 0 bridgehead atoms. The van der Waals surface area contributed by atoms with Gasteiger partial charge in [-0.2, -0.15) is 0 Å². The summed E-state index contributed by atoms with van der Waals surface area (Å²) in [5.74, 6) is 0. The van der Waals surface area contributed by atoms with Crippen molar-refractivity contribution in [1.29, 1.82) is 0 Å². The number of ether oxygens (including phenoxy) is 1. The van der Waals surface area contributed by atoms with Crippen LogP contribution in [0.2, 0.25) is 0 Å². The lowest BCUT2D eigenvalue weighted by molar-refractivity contribution is 0.0601. The zero-order chi connectivity index (χ0) is 13.2. The van der Waals surface area contributed by atoms with Crippen LogP contribution in [0.1, 0.15) is 26.7 Å². The average Bonchev–Trinajstić information content (AvgIpc) is 2.38. The molecule has 104 valence electrons. The molecule has 0 aromatic carbocycles. The van der Waals surface area contributed by atoms with E-state index in [0.717, 1.165) is 32.7 Å². The highest BCUT2D eigenvalue weighted by Crippen LogP contribution is 2.22. The summed E-state index contributed by atoms with van der Waals surface area (Å²) in [6.45, 7) is 9.07. The van der Waals surface area contributed by atoms with Crippen LogP contribution in [-0.2, 0) is 4.74 Å².